The van der Waals surface area contributed by atoms with Crippen LogP contribution in [0.4, 0.5) is 5.69 Å². The lowest BCUT2D eigenvalue weighted by atomic mass is 9.97. The standard InChI is InChI=1S/C21H29N3OS/c1-7-24(5)15-23-20-13-16(2)19(12-17(20)3)14-18-10-8-9-11-21(18)26(6,25)22-4/h8-13,15H,7,14H2,1-6H3/b23-15-. The van der Waals surface area contributed by atoms with Gasteiger partial charge in [0.1, 0.15) is 0 Å². The number of nitrogens with zero attached hydrogens (tertiary/aromatic N) is 3. The molecule has 0 saturated carbocycles. The highest BCUT2D eigenvalue weighted by Crippen LogP contribution is 2.27. The van der Waals surface area contributed by atoms with Crippen LogP contribution in [0.25, 0.3) is 0 Å². The fourth-order valence-corrected chi connectivity index (χ4v) is 3.91. The summed E-state index contributed by atoms with van der Waals surface area (Å²) < 4.78 is 16.9. The molecule has 1 atom stereocenters. The summed E-state index contributed by atoms with van der Waals surface area (Å²) in [6.45, 7) is 7.21. The first-order valence-electron chi connectivity index (χ1n) is 8.81. The summed E-state index contributed by atoms with van der Waals surface area (Å²) in [6.07, 6.45) is 4.31. The molecule has 140 valence electrons. The van der Waals surface area contributed by atoms with Crippen molar-refractivity contribution in [1.29, 1.82) is 0 Å². The maximum Gasteiger partial charge on any atom is 0.0909 e. The van der Waals surface area contributed by atoms with Gasteiger partial charge in [0.25, 0.3) is 0 Å². The van der Waals surface area contributed by atoms with Crippen molar-refractivity contribution in [2.75, 3.05) is 26.9 Å². The fourth-order valence-electron chi connectivity index (χ4n) is 2.76. The third-order valence-corrected chi connectivity index (χ3v) is 6.57. The summed E-state index contributed by atoms with van der Waals surface area (Å²) in [7, 11) is 1.28. The van der Waals surface area contributed by atoms with Gasteiger partial charge in [-0.3, -0.25) is 0 Å². The van der Waals surface area contributed by atoms with Crippen molar-refractivity contribution in [2.45, 2.75) is 32.1 Å². The molecule has 5 heteroatoms. The number of aryl methyl sites for hydroxylation is 2. The molecule has 0 saturated heterocycles. The van der Waals surface area contributed by atoms with Crippen LogP contribution in [-0.2, 0) is 16.1 Å². The molecule has 0 aliphatic heterocycles. The first-order chi connectivity index (χ1) is 12.3. The summed E-state index contributed by atoms with van der Waals surface area (Å²) in [5, 5.41) is 0. The van der Waals surface area contributed by atoms with E-state index in [4.69, 9.17) is 0 Å². The highest BCUT2D eigenvalue weighted by Gasteiger charge is 2.13. The number of benzene rings is 2. The van der Waals surface area contributed by atoms with Gasteiger partial charge in [-0.1, -0.05) is 24.3 Å². The molecule has 2 aromatic carbocycles. The number of rotatable bonds is 6. The van der Waals surface area contributed by atoms with Gasteiger partial charge >= 0.3 is 0 Å². The van der Waals surface area contributed by atoms with Crippen LogP contribution in [0, 0.1) is 13.8 Å². The molecule has 0 radical (unpaired) electrons. The summed E-state index contributed by atoms with van der Waals surface area (Å²) >= 11 is 0. The molecule has 1 unspecified atom stereocenters. The van der Waals surface area contributed by atoms with E-state index in [0.717, 1.165) is 34.7 Å². The molecule has 0 spiro atoms. The molecule has 0 amide bonds. The molecule has 0 bridgehead atoms. The van der Waals surface area contributed by atoms with Gasteiger partial charge in [0, 0.05) is 26.9 Å². The molecule has 0 aromatic heterocycles. The minimum atomic E-state index is -2.36. The van der Waals surface area contributed by atoms with Crippen LogP contribution in [0.2, 0.25) is 0 Å². The van der Waals surface area contributed by atoms with E-state index in [1.807, 2.05) is 42.6 Å². The van der Waals surface area contributed by atoms with Gasteiger partial charge < -0.3 is 4.90 Å². The maximum absolute atomic E-state index is 12.8. The summed E-state index contributed by atoms with van der Waals surface area (Å²) in [6, 6.07) is 12.2. The minimum Gasteiger partial charge on any atom is -0.366 e. The summed E-state index contributed by atoms with van der Waals surface area (Å²) in [5.41, 5.74) is 5.61. The number of aliphatic imine (C=N–C) groups is 1. The quantitative estimate of drug-likeness (QED) is 0.550. The third-order valence-electron chi connectivity index (χ3n) is 4.66. The Hall–Kier alpha value is -2.14. The molecule has 0 aliphatic rings. The van der Waals surface area contributed by atoms with E-state index < -0.39 is 9.73 Å². The smallest absolute Gasteiger partial charge is 0.0909 e. The van der Waals surface area contributed by atoms with E-state index in [2.05, 4.69) is 42.3 Å². The van der Waals surface area contributed by atoms with Gasteiger partial charge in [-0.05, 0) is 61.6 Å². The highest BCUT2D eigenvalue weighted by atomic mass is 32.2. The minimum absolute atomic E-state index is 0.738. The largest absolute Gasteiger partial charge is 0.366 e. The average molecular weight is 372 g/mol. The van der Waals surface area contributed by atoms with Gasteiger partial charge in [-0.15, -0.1) is 0 Å². The first kappa shape index (κ1) is 20.2. The van der Waals surface area contributed by atoms with Crippen molar-refractivity contribution < 1.29 is 4.21 Å². The van der Waals surface area contributed by atoms with Crippen LogP contribution in [-0.4, -0.2) is 42.3 Å². The predicted molar refractivity (Wildman–Crippen MR) is 112 cm³/mol. The van der Waals surface area contributed by atoms with Crippen LogP contribution in [0.3, 0.4) is 0 Å². The van der Waals surface area contributed by atoms with Gasteiger partial charge in [-0.25, -0.2) is 13.6 Å². The highest BCUT2D eigenvalue weighted by molar-refractivity contribution is 7.93. The zero-order valence-electron chi connectivity index (χ0n) is 16.6. The zero-order valence-corrected chi connectivity index (χ0v) is 17.4. The normalized spacial score (nSPS) is 13.6. The Morgan fingerprint density at radius 1 is 1.12 bits per heavy atom. The Morgan fingerprint density at radius 3 is 2.46 bits per heavy atom. The Kier molecular flexibility index (Phi) is 6.59. The summed E-state index contributed by atoms with van der Waals surface area (Å²) in [4.78, 5) is 7.47. The lowest BCUT2D eigenvalue weighted by molar-refractivity contribution is 0.552. The van der Waals surface area contributed by atoms with Crippen LogP contribution in [0.15, 0.2) is 50.6 Å². The molecule has 2 rings (SSSR count). The second-order valence-electron chi connectivity index (χ2n) is 6.65. The van der Waals surface area contributed by atoms with E-state index in [-0.39, 0.29) is 0 Å². The molecule has 4 nitrogen and oxygen atoms in total. The lowest BCUT2D eigenvalue weighted by Crippen LogP contribution is -2.14. The molecule has 0 N–H and O–H groups in total. The van der Waals surface area contributed by atoms with Gasteiger partial charge in [0.2, 0.25) is 0 Å². The van der Waals surface area contributed by atoms with Gasteiger partial charge in [0.05, 0.1) is 26.7 Å². The van der Waals surface area contributed by atoms with Gasteiger partial charge in [0.15, 0.2) is 0 Å². The van der Waals surface area contributed by atoms with E-state index in [1.54, 1.807) is 13.3 Å². The van der Waals surface area contributed by atoms with Crippen molar-refractivity contribution in [3.63, 3.8) is 0 Å². The molecule has 26 heavy (non-hydrogen) atoms. The van der Waals surface area contributed by atoms with Crippen molar-refractivity contribution in [3.05, 3.63) is 58.7 Å². The number of hydrogen-bond donors (Lipinski definition) is 0. The van der Waals surface area contributed by atoms with Crippen molar-refractivity contribution >= 4 is 21.8 Å². The summed E-state index contributed by atoms with van der Waals surface area (Å²) in [5.74, 6) is 0. The van der Waals surface area contributed by atoms with Crippen LogP contribution in [0.5, 0.6) is 0 Å². The third kappa shape index (κ3) is 4.73. The Balaban J connectivity index is 2.40. The molecule has 0 heterocycles. The van der Waals surface area contributed by atoms with Crippen molar-refractivity contribution in [1.82, 2.24) is 4.90 Å². The molecular formula is C21H29N3OS. The van der Waals surface area contributed by atoms with E-state index in [0.29, 0.717) is 0 Å². The average Bonchev–Trinajstić information content (AvgIpc) is 2.63. The van der Waals surface area contributed by atoms with Crippen LogP contribution in [0.1, 0.15) is 29.2 Å². The first-order valence-corrected chi connectivity index (χ1v) is 10.7. The molecular weight excluding hydrogens is 342 g/mol. The van der Waals surface area contributed by atoms with Crippen LogP contribution >= 0.6 is 0 Å². The van der Waals surface area contributed by atoms with E-state index in [1.165, 1.54) is 11.1 Å². The van der Waals surface area contributed by atoms with Gasteiger partial charge in [-0.2, -0.15) is 0 Å². The zero-order chi connectivity index (χ0) is 19.3. The van der Waals surface area contributed by atoms with Crippen molar-refractivity contribution in [3.8, 4) is 0 Å². The van der Waals surface area contributed by atoms with E-state index >= 15 is 0 Å². The maximum atomic E-state index is 12.8. The SMILES string of the molecule is CCN(C)/C=N\c1cc(C)c(Cc2ccccc2S(C)(=O)=NC)cc1C. The lowest BCUT2D eigenvalue weighted by Gasteiger charge is -2.14. The second kappa shape index (κ2) is 8.49. The Morgan fingerprint density at radius 2 is 1.81 bits per heavy atom. The number of hydrogen-bond acceptors (Lipinski definition) is 3. The molecule has 0 aliphatic carbocycles. The monoisotopic (exact) mass is 371 g/mol. The Bertz CT molecular complexity index is 925. The molecule has 2 aromatic rings. The Labute approximate surface area is 158 Å². The topological polar surface area (TPSA) is 45.0 Å². The predicted octanol–water partition coefficient (Wildman–Crippen LogP) is 4.59. The second-order valence-corrected chi connectivity index (χ2v) is 9.06. The van der Waals surface area contributed by atoms with Crippen LogP contribution < -0.4 is 0 Å². The molecule has 0 fully saturated rings. The van der Waals surface area contributed by atoms with Crippen molar-refractivity contribution in [2.24, 2.45) is 9.36 Å². The van der Waals surface area contributed by atoms with E-state index in [9.17, 15) is 4.21 Å². The fraction of sp³-hybridized carbons (Fsp3) is 0.381.